The molecular weight excluding hydrogens is 397 g/mol. The van der Waals surface area contributed by atoms with Gasteiger partial charge in [-0.15, -0.1) is 0 Å². The molecule has 1 N–H and O–H groups in total. The van der Waals surface area contributed by atoms with Gasteiger partial charge in [-0.05, 0) is 56.9 Å². The molecule has 1 fully saturated rings. The SMILES string of the molecule is Cc1ccc(C2=NC3(CCCCCC3)N=C2SCC(=O)Nc2ccc(F)cc2)cc1. The minimum atomic E-state index is -0.369. The standard InChI is InChI=1S/C24H26FN3OS/c1-17-6-8-18(9-7-17)22-23(28-24(27-22)14-4-2-3-5-15-24)30-16-21(29)26-20-12-10-19(25)11-13-20/h6-13H,2-5,14-16H2,1H3,(H,26,29). The zero-order valence-corrected chi connectivity index (χ0v) is 18.0. The van der Waals surface area contributed by atoms with Gasteiger partial charge < -0.3 is 5.32 Å². The number of aryl methyl sites for hydroxylation is 1. The number of thioether (sulfide) groups is 1. The van der Waals surface area contributed by atoms with Crippen molar-refractivity contribution < 1.29 is 9.18 Å². The minimum Gasteiger partial charge on any atom is -0.325 e. The Morgan fingerprint density at radius 1 is 1.00 bits per heavy atom. The van der Waals surface area contributed by atoms with Gasteiger partial charge in [0.2, 0.25) is 5.91 Å². The largest absolute Gasteiger partial charge is 0.325 e. The average molecular weight is 424 g/mol. The molecule has 0 atom stereocenters. The van der Waals surface area contributed by atoms with Gasteiger partial charge in [0.15, 0.2) is 5.66 Å². The fraction of sp³-hybridized carbons (Fsp3) is 0.375. The number of hydrogen-bond donors (Lipinski definition) is 1. The molecule has 0 bridgehead atoms. The summed E-state index contributed by atoms with van der Waals surface area (Å²) in [4.78, 5) is 22.6. The molecule has 4 rings (SSSR count). The van der Waals surface area contributed by atoms with Crippen LogP contribution in [0.3, 0.4) is 0 Å². The van der Waals surface area contributed by atoms with Crippen LogP contribution in [0.15, 0.2) is 58.5 Å². The molecule has 0 saturated heterocycles. The van der Waals surface area contributed by atoms with Crippen LogP contribution in [-0.4, -0.2) is 28.1 Å². The molecule has 1 amide bonds. The van der Waals surface area contributed by atoms with E-state index in [-0.39, 0.29) is 23.1 Å². The Hall–Kier alpha value is -2.47. The second kappa shape index (κ2) is 9.13. The van der Waals surface area contributed by atoms with Crippen molar-refractivity contribution in [1.82, 2.24) is 0 Å². The first-order chi connectivity index (χ1) is 14.5. The molecule has 2 aromatic rings. The second-order valence-corrected chi connectivity index (χ2v) is 8.95. The van der Waals surface area contributed by atoms with Crippen LogP contribution < -0.4 is 5.32 Å². The van der Waals surface area contributed by atoms with E-state index >= 15 is 0 Å². The highest BCUT2D eigenvalue weighted by molar-refractivity contribution is 8.16. The maximum Gasteiger partial charge on any atom is 0.234 e. The maximum absolute atomic E-state index is 13.1. The van der Waals surface area contributed by atoms with E-state index < -0.39 is 0 Å². The number of halogens is 1. The molecule has 1 heterocycles. The molecule has 1 aliphatic heterocycles. The monoisotopic (exact) mass is 423 g/mol. The number of anilines is 1. The minimum absolute atomic E-state index is 0.139. The van der Waals surface area contributed by atoms with E-state index in [0.29, 0.717) is 5.69 Å². The summed E-state index contributed by atoms with van der Waals surface area (Å²) >= 11 is 1.43. The van der Waals surface area contributed by atoms with Gasteiger partial charge >= 0.3 is 0 Å². The Morgan fingerprint density at radius 2 is 1.67 bits per heavy atom. The van der Waals surface area contributed by atoms with Crippen LogP contribution in [-0.2, 0) is 4.79 Å². The van der Waals surface area contributed by atoms with Gasteiger partial charge in [-0.3, -0.25) is 9.79 Å². The molecule has 1 spiro atoms. The van der Waals surface area contributed by atoms with Crippen molar-refractivity contribution in [2.45, 2.75) is 51.1 Å². The third-order valence-corrected chi connectivity index (χ3v) is 6.49. The summed E-state index contributed by atoms with van der Waals surface area (Å²) in [5.41, 5.74) is 3.37. The van der Waals surface area contributed by atoms with E-state index in [2.05, 4.69) is 36.5 Å². The van der Waals surface area contributed by atoms with E-state index in [1.54, 1.807) is 12.1 Å². The first kappa shape index (κ1) is 20.8. The predicted molar refractivity (Wildman–Crippen MR) is 123 cm³/mol. The van der Waals surface area contributed by atoms with Crippen LogP contribution in [0.4, 0.5) is 10.1 Å². The lowest BCUT2D eigenvalue weighted by atomic mass is 10.0. The Labute approximate surface area is 181 Å². The number of rotatable bonds is 4. The number of hydrogen-bond acceptors (Lipinski definition) is 4. The van der Waals surface area contributed by atoms with Crippen LogP contribution >= 0.6 is 11.8 Å². The fourth-order valence-electron chi connectivity index (χ4n) is 3.91. The summed E-state index contributed by atoms with van der Waals surface area (Å²) < 4.78 is 13.1. The highest BCUT2D eigenvalue weighted by atomic mass is 32.2. The van der Waals surface area contributed by atoms with Crippen LogP contribution in [0, 0.1) is 12.7 Å². The quantitative estimate of drug-likeness (QED) is 0.680. The highest BCUT2D eigenvalue weighted by Gasteiger charge is 2.37. The number of nitrogens with one attached hydrogen (secondary N) is 1. The van der Waals surface area contributed by atoms with Gasteiger partial charge in [-0.25, -0.2) is 9.38 Å². The van der Waals surface area contributed by atoms with Crippen molar-refractivity contribution >= 4 is 34.1 Å². The van der Waals surface area contributed by atoms with E-state index in [4.69, 9.17) is 9.98 Å². The normalized spacial score (nSPS) is 17.9. The number of carbonyl (C=O) groups excluding carboxylic acids is 1. The number of aliphatic imine (C=N–C) groups is 2. The molecule has 6 heteroatoms. The zero-order chi connectivity index (χ0) is 21.0. The van der Waals surface area contributed by atoms with Gasteiger partial charge in [-0.1, -0.05) is 54.4 Å². The molecule has 1 aliphatic carbocycles. The Balaban J connectivity index is 1.51. The van der Waals surface area contributed by atoms with Gasteiger partial charge in [0.05, 0.1) is 11.5 Å². The van der Waals surface area contributed by atoms with Gasteiger partial charge in [0, 0.05) is 11.3 Å². The molecule has 2 aliphatic rings. The first-order valence-electron chi connectivity index (χ1n) is 10.5. The Bertz CT molecular complexity index is 959. The van der Waals surface area contributed by atoms with Gasteiger partial charge in [0.25, 0.3) is 0 Å². The van der Waals surface area contributed by atoms with Crippen LogP contribution in [0.5, 0.6) is 0 Å². The second-order valence-electron chi connectivity index (χ2n) is 7.98. The lowest BCUT2D eigenvalue weighted by molar-refractivity contribution is -0.113. The highest BCUT2D eigenvalue weighted by Crippen LogP contribution is 2.38. The van der Waals surface area contributed by atoms with Crippen molar-refractivity contribution in [2.75, 3.05) is 11.1 Å². The molecule has 156 valence electrons. The van der Waals surface area contributed by atoms with Crippen LogP contribution in [0.25, 0.3) is 0 Å². The Morgan fingerprint density at radius 3 is 2.33 bits per heavy atom. The van der Waals surface area contributed by atoms with E-state index in [9.17, 15) is 9.18 Å². The summed E-state index contributed by atoms with van der Waals surface area (Å²) in [5.74, 6) is -0.230. The number of carbonyl (C=O) groups is 1. The first-order valence-corrected chi connectivity index (χ1v) is 11.5. The number of nitrogens with zero attached hydrogens (tertiary/aromatic N) is 2. The smallest absolute Gasteiger partial charge is 0.234 e. The lowest BCUT2D eigenvalue weighted by Crippen LogP contribution is -2.20. The summed E-state index contributed by atoms with van der Waals surface area (Å²) in [6, 6.07) is 14.1. The zero-order valence-electron chi connectivity index (χ0n) is 17.2. The molecule has 1 saturated carbocycles. The summed E-state index contributed by atoms with van der Waals surface area (Å²) in [7, 11) is 0. The van der Waals surface area contributed by atoms with E-state index in [1.165, 1.54) is 42.3 Å². The third kappa shape index (κ3) is 4.98. The molecule has 0 unspecified atom stereocenters. The topological polar surface area (TPSA) is 53.8 Å². The van der Waals surface area contributed by atoms with Crippen molar-refractivity contribution in [2.24, 2.45) is 9.98 Å². The predicted octanol–water partition coefficient (Wildman–Crippen LogP) is 5.76. The number of amides is 1. The fourth-order valence-corrected chi connectivity index (χ4v) is 4.78. The molecule has 30 heavy (non-hydrogen) atoms. The van der Waals surface area contributed by atoms with Crippen molar-refractivity contribution in [3.05, 3.63) is 65.5 Å². The van der Waals surface area contributed by atoms with Crippen molar-refractivity contribution in [1.29, 1.82) is 0 Å². The van der Waals surface area contributed by atoms with Crippen molar-refractivity contribution in [3.8, 4) is 0 Å². The van der Waals surface area contributed by atoms with Gasteiger partial charge in [0.1, 0.15) is 10.9 Å². The number of benzene rings is 2. The van der Waals surface area contributed by atoms with Crippen molar-refractivity contribution in [3.63, 3.8) is 0 Å². The van der Waals surface area contributed by atoms with Crippen LogP contribution in [0.1, 0.15) is 49.7 Å². The molecule has 0 aromatic heterocycles. The van der Waals surface area contributed by atoms with Gasteiger partial charge in [-0.2, -0.15) is 0 Å². The summed E-state index contributed by atoms with van der Waals surface area (Å²) in [5, 5.41) is 3.66. The maximum atomic E-state index is 13.1. The lowest BCUT2D eigenvalue weighted by Gasteiger charge is -2.20. The molecule has 2 aromatic carbocycles. The summed E-state index contributed by atoms with van der Waals surface area (Å²) in [6.07, 6.45) is 6.67. The Kier molecular flexibility index (Phi) is 6.32. The van der Waals surface area contributed by atoms with E-state index in [0.717, 1.165) is 42.0 Å². The third-order valence-electron chi connectivity index (χ3n) is 5.53. The summed E-state index contributed by atoms with van der Waals surface area (Å²) in [6.45, 7) is 2.07. The molecule has 4 nitrogen and oxygen atoms in total. The average Bonchev–Trinajstić information content (AvgIpc) is 2.93. The van der Waals surface area contributed by atoms with E-state index in [1.807, 2.05) is 0 Å². The molecule has 0 radical (unpaired) electrons. The van der Waals surface area contributed by atoms with Crippen LogP contribution in [0.2, 0.25) is 0 Å². The molecular formula is C24H26FN3OS.